The third-order valence-corrected chi connectivity index (χ3v) is 5.18. The van der Waals surface area contributed by atoms with Gasteiger partial charge in [-0.15, -0.1) is 0 Å². The smallest absolute Gasteiger partial charge is 0.407 e. The maximum Gasteiger partial charge on any atom is 0.407 e. The summed E-state index contributed by atoms with van der Waals surface area (Å²) < 4.78 is 11.0. The van der Waals surface area contributed by atoms with E-state index in [1.807, 2.05) is 67.6 Å². The summed E-state index contributed by atoms with van der Waals surface area (Å²) in [6.07, 6.45) is 2.59. The highest BCUT2D eigenvalue weighted by molar-refractivity contribution is 5.68. The predicted octanol–water partition coefficient (Wildman–Crippen LogP) is 5.50. The summed E-state index contributed by atoms with van der Waals surface area (Å²) in [6, 6.07) is 20.6. The molecular weight excluding hydrogens is 390 g/mol. The number of benzene rings is 2. The van der Waals surface area contributed by atoms with E-state index >= 15 is 0 Å². The van der Waals surface area contributed by atoms with Gasteiger partial charge in [0.15, 0.2) is 0 Å². The molecule has 1 aromatic heterocycles. The summed E-state index contributed by atoms with van der Waals surface area (Å²) in [6.45, 7) is 4.17. The maximum absolute atomic E-state index is 12.7. The molecule has 0 radical (unpaired) electrons. The number of unbranched alkanes of at least 4 members (excludes halogenated alkanes) is 1. The Labute approximate surface area is 183 Å². The van der Waals surface area contributed by atoms with Crippen molar-refractivity contribution < 1.29 is 13.9 Å². The monoisotopic (exact) mass is 419 g/mol. The van der Waals surface area contributed by atoms with Gasteiger partial charge in [-0.25, -0.2) is 9.59 Å². The van der Waals surface area contributed by atoms with Crippen LogP contribution in [-0.4, -0.2) is 6.09 Å². The number of rotatable bonds is 9. The van der Waals surface area contributed by atoms with Crippen LogP contribution in [-0.2, 0) is 24.2 Å². The molecule has 0 aliphatic carbocycles. The first-order valence-corrected chi connectivity index (χ1v) is 10.7. The molecule has 5 nitrogen and oxygen atoms in total. The summed E-state index contributed by atoms with van der Waals surface area (Å²) in [7, 11) is 0. The fraction of sp³-hybridized carbons (Fsp3) is 0.308. The molecule has 0 fully saturated rings. The Morgan fingerprint density at radius 2 is 1.68 bits per heavy atom. The fourth-order valence-electron chi connectivity index (χ4n) is 3.65. The van der Waals surface area contributed by atoms with E-state index in [0.29, 0.717) is 18.6 Å². The summed E-state index contributed by atoms with van der Waals surface area (Å²) in [5.41, 5.74) is 3.29. The van der Waals surface area contributed by atoms with Gasteiger partial charge < -0.3 is 14.5 Å². The van der Waals surface area contributed by atoms with E-state index in [0.717, 1.165) is 35.1 Å². The number of ether oxygens (including phenoxy) is 1. The van der Waals surface area contributed by atoms with Crippen molar-refractivity contribution in [3.8, 4) is 0 Å². The molecule has 5 heteroatoms. The first-order valence-electron chi connectivity index (χ1n) is 10.7. The van der Waals surface area contributed by atoms with Gasteiger partial charge in [0.1, 0.15) is 12.4 Å². The van der Waals surface area contributed by atoms with Crippen molar-refractivity contribution in [1.29, 1.82) is 0 Å². The van der Waals surface area contributed by atoms with Gasteiger partial charge in [-0.3, -0.25) is 0 Å². The Bertz CT molecular complexity index is 1030. The molecule has 1 heterocycles. The highest BCUT2D eigenvalue weighted by atomic mass is 16.5. The Kier molecular flexibility index (Phi) is 8.05. The molecule has 31 heavy (non-hydrogen) atoms. The summed E-state index contributed by atoms with van der Waals surface area (Å²) in [4.78, 5) is 24.7. The van der Waals surface area contributed by atoms with Gasteiger partial charge in [0.25, 0.3) is 0 Å². The van der Waals surface area contributed by atoms with Crippen molar-refractivity contribution in [2.24, 2.45) is 0 Å². The van der Waals surface area contributed by atoms with Gasteiger partial charge >= 0.3 is 11.7 Å². The number of amides is 1. The van der Waals surface area contributed by atoms with Crippen molar-refractivity contribution in [2.45, 2.75) is 52.2 Å². The van der Waals surface area contributed by atoms with Gasteiger partial charge in [0.2, 0.25) is 0 Å². The SMILES string of the molecule is CCCCc1oc(=O)cc(C)c1C(Cc1ccccc1)NC(=O)OCc1ccccc1. The fourth-order valence-corrected chi connectivity index (χ4v) is 3.65. The topological polar surface area (TPSA) is 68.5 Å². The summed E-state index contributed by atoms with van der Waals surface area (Å²) in [5, 5.41) is 3.01. The van der Waals surface area contributed by atoms with Crippen LogP contribution in [0.5, 0.6) is 0 Å². The number of hydrogen-bond acceptors (Lipinski definition) is 4. The summed E-state index contributed by atoms with van der Waals surface area (Å²) >= 11 is 0. The number of aryl methyl sites for hydroxylation is 2. The Morgan fingerprint density at radius 3 is 2.32 bits per heavy atom. The Morgan fingerprint density at radius 1 is 1.03 bits per heavy atom. The molecule has 3 aromatic rings. The molecule has 1 unspecified atom stereocenters. The van der Waals surface area contributed by atoms with Gasteiger partial charge in [-0.05, 0) is 36.5 Å². The lowest BCUT2D eigenvalue weighted by molar-refractivity contribution is 0.135. The van der Waals surface area contributed by atoms with Gasteiger partial charge in [0, 0.05) is 18.1 Å². The second-order valence-corrected chi connectivity index (χ2v) is 7.64. The zero-order chi connectivity index (χ0) is 22.1. The van der Waals surface area contributed by atoms with Crippen LogP contribution in [0.15, 0.2) is 75.9 Å². The van der Waals surface area contributed by atoms with Crippen molar-refractivity contribution in [1.82, 2.24) is 5.32 Å². The standard InChI is InChI=1S/C26H29NO4/c1-3-4-15-23-25(19(2)16-24(28)31-23)22(17-20-11-7-5-8-12-20)27-26(29)30-18-21-13-9-6-10-14-21/h5-14,16,22H,3-4,15,17-18H2,1-2H3,(H,27,29). The molecule has 0 aliphatic heterocycles. The van der Waals surface area contributed by atoms with Crippen LogP contribution >= 0.6 is 0 Å². The normalized spacial score (nSPS) is 11.7. The molecule has 1 atom stereocenters. The average molecular weight is 420 g/mol. The second kappa shape index (κ2) is 11.2. The molecule has 162 valence electrons. The third kappa shape index (κ3) is 6.57. The van der Waals surface area contributed by atoms with Crippen LogP contribution in [0.2, 0.25) is 0 Å². The van der Waals surface area contributed by atoms with E-state index < -0.39 is 6.09 Å². The van der Waals surface area contributed by atoms with Crippen molar-refractivity contribution in [3.05, 3.63) is 105 Å². The first kappa shape index (κ1) is 22.3. The molecule has 0 saturated heterocycles. The number of nitrogens with one attached hydrogen (secondary N) is 1. The van der Waals surface area contributed by atoms with Crippen LogP contribution in [0, 0.1) is 6.92 Å². The Hall–Kier alpha value is -3.34. The second-order valence-electron chi connectivity index (χ2n) is 7.64. The largest absolute Gasteiger partial charge is 0.445 e. The molecule has 3 rings (SSSR count). The first-order chi connectivity index (χ1) is 15.1. The molecule has 1 N–H and O–H groups in total. The number of hydrogen-bond donors (Lipinski definition) is 1. The van der Waals surface area contributed by atoms with E-state index in [4.69, 9.17) is 9.15 Å². The van der Waals surface area contributed by atoms with Crippen LogP contribution in [0.4, 0.5) is 4.79 Å². The molecule has 0 spiro atoms. The van der Waals surface area contributed by atoms with Crippen LogP contribution in [0.1, 0.15) is 53.8 Å². The molecule has 0 bridgehead atoms. The molecule has 1 amide bonds. The highest BCUT2D eigenvalue weighted by Crippen LogP contribution is 2.26. The van der Waals surface area contributed by atoms with E-state index in [2.05, 4.69) is 12.2 Å². The van der Waals surface area contributed by atoms with Crippen molar-refractivity contribution in [2.75, 3.05) is 0 Å². The minimum atomic E-state index is -0.503. The quantitative estimate of drug-likeness (QED) is 0.497. The lowest BCUT2D eigenvalue weighted by Crippen LogP contribution is -2.32. The third-order valence-electron chi connectivity index (χ3n) is 5.18. The zero-order valence-electron chi connectivity index (χ0n) is 18.1. The molecule has 0 saturated carbocycles. The number of alkyl carbamates (subject to hydrolysis) is 1. The zero-order valence-corrected chi connectivity index (χ0v) is 18.1. The van der Waals surface area contributed by atoms with E-state index in [1.54, 1.807) is 0 Å². The highest BCUT2D eigenvalue weighted by Gasteiger charge is 2.23. The van der Waals surface area contributed by atoms with Crippen LogP contribution in [0.3, 0.4) is 0 Å². The minimum Gasteiger partial charge on any atom is -0.445 e. The Balaban J connectivity index is 1.86. The van der Waals surface area contributed by atoms with Gasteiger partial charge in [-0.2, -0.15) is 0 Å². The van der Waals surface area contributed by atoms with Gasteiger partial charge in [0.05, 0.1) is 6.04 Å². The van der Waals surface area contributed by atoms with Crippen molar-refractivity contribution >= 4 is 6.09 Å². The van der Waals surface area contributed by atoms with E-state index in [-0.39, 0.29) is 18.3 Å². The number of carbonyl (C=O) groups is 1. The molecule has 0 aliphatic rings. The van der Waals surface area contributed by atoms with Gasteiger partial charge in [-0.1, -0.05) is 74.0 Å². The molecular formula is C26H29NO4. The predicted molar refractivity (Wildman–Crippen MR) is 121 cm³/mol. The van der Waals surface area contributed by atoms with Crippen LogP contribution < -0.4 is 10.9 Å². The lowest BCUT2D eigenvalue weighted by atomic mass is 9.93. The minimum absolute atomic E-state index is 0.191. The average Bonchev–Trinajstić information content (AvgIpc) is 2.77. The van der Waals surface area contributed by atoms with Crippen molar-refractivity contribution in [3.63, 3.8) is 0 Å². The lowest BCUT2D eigenvalue weighted by Gasteiger charge is -2.23. The number of carbonyl (C=O) groups excluding carboxylic acids is 1. The maximum atomic E-state index is 12.7. The molecule has 2 aromatic carbocycles. The van der Waals surface area contributed by atoms with E-state index in [1.165, 1.54) is 6.07 Å². The van der Waals surface area contributed by atoms with Crippen LogP contribution in [0.25, 0.3) is 0 Å². The summed E-state index contributed by atoms with van der Waals surface area (Å²) in [5.74, 6) is 0.635. The van der Waals surface area contributed by atoms with E-state index in [9.17, 15) is 9.59 Å².